The summed E-state index contributed by atoms with van der Waals surface area (Å²) in [5.41, 5.74) is 7.94. The third-order valence-electron chi connectivity index (χ3n) is 5.18. The van der Waals surface area contributed by atoms with E-state index in [0.29, 0.717) is 26.4 Å². The molecule has 0 radical (unpaired) electrons. The number of hydrogen-bond acceptors (Lipinski definition) is 5. The van der Waals surface area contributed by atoms with Crippen LogP contribution in [0.25, 0.3) is 0 Å². The van der Waals surface area contributed by atoms with Crippen molar-refractivity contribution >= 4 is 11.9 Å². The third kappa shape index (κ3) is 9.11. The van der Waals surface area contributed by atoms with Gasteiger partial charge in [0.05, 0.1) is 19.1 Å². The lowest BCUT2D eigenvalue weighted by Crippen LogP contribution is -2.40. The van der Waals surface area contributed by atoms with E-state index >= 15 is 0 Å². The molecule has 0 aromatic heterocycles. The summed E-state index contributed by atoms with van der Waals surface area (Å²) in [6.07, 6.45) is 2.83. The molecule has 1 aliphatic heterocycles. The van der Waals surface area contributed by atoms with E-state index in [1.54, 1.807) is 14.2 Å². The van der Waals surface area contributed by atoms with Crippen LogP contribution in [0.1, 0.15) is 30.4 Å². The predicted molar refractivity (Wildman–Crippen MR) is 119 cm³/mol. The normalized spacial score (nSPS) is 17.7. The number of nitrogens with one attached hydrogen (secondary N) is 2. The highest BCUT2D eigenvalue weighted by atomic mass is 16.5. The molecule has 168 valence electrons. The van der Waals surface area contributed by atoms with Gasteiger partial charge >= 0.3 is 0 Å². The Balaban J connectivity index is 1.73. The van der Waals surface area contributed by atoms with Crippen LogP contribution < -0.4 is 16.4 Å². The first kappa shape index (κ1) is 24.1. The Morgan fingerprint density at radius 1 is 1.27 bits per heavy atom. The number of aliphatic imine (C=N–C) groups is 1. The van der Waals surface area contributed by atoms with Gasteiger partial charge in [0.1, 0.15) is 0 Å². The molecule has 1 aliphatic rings. The third-order valence-corrected chi connectivity index (χ3v) is 5.18. The molecule has 2 rings (SSSR count). The average Bonchev–Trinajstić information content (AvgIpc) is 2.75. The highest BCUT2D eigenvalue weighted by Crippen LogP contribution is 2.18. The molecular weight excluding hydrogens is 382 g/mol. The summed E-state index contributed by atoms with van der Waals surface area (Å²) in [7, 11) is 3.44. The number of amides is 1. The first-order valence-electron chi connectivity index (χ1n) is 10.7. The van der Waals surface area contributed by atoms with E-state index in [2.05, 4.69) is 44.8 Å². The molecule has 0 saturated carbocycles. The van der Waals surface area contributed by atoms with Gasteiger partial charge in [0.15, 0.2) is 5.96 Å². The van der Waals surface area contributed by atoms with Gasteiger partial charge in [-0.2, -0.15) is 0 Å². The van der Waals surface area contributed by atoms with Gasteiger partial charge in [0, 0.05) is 46.9 Å². The summed E-state index contributed by atoms with van der Waals surface area (Å²) in [5, 5.41) is 6.65. The molecule has 0 aliphatic carbocycles. The van der Waals surface area contributed by atoms with E-state index in [-0.39, 0.29) is 11.8 Å². The minimum absolute atomic E-state index is 0.0247. The van der Waals surface area contributed by atoms with Gasteiger partial charge in [-0.3, -0.25) is 14.7 Å². The Hall–Kier alpha value is -2.16. The Morgan fingerprint density at radius 2 is 2.10 bits per heavy atom. The smallest absolute Gasteiger partial charge is 0.221 e. The van der Waals surface area contributed by atoms with Crippen LogP contribution in [0.3, 0.4) is 0 Å². The van der Waals surface area contributed by atoms with Crippen molar-refractivity contribution in [3.8, 4) is 0 Å². The van der Waals surface area contributed by atoms with Crippen LogP contribution in [-0.2, 0) is 27.4 Å². The van der Waals surface area contributed by atoms with Crippen molar-refractivity contribution in [1.82, 2.24) is 15.5 Å². The minimum Gasteiger partial charge on any atom is -0.382 e. The Morgan fingerprint density at radius 3 is 2.87 bits per heavy atom. The lowest BCUT2D eigenvalue weighted by atomic mass is 9.97. The molecule has 1 atom stereocenters. The number of piperidine rings is 1. The summed E-state index contributed by atoms with van der Waals surface area (Å²) < 4.78 is 10.4. The molecule has 1 aromatic carbocycles. The van der Waals surface area contributed by atoms with E-state index < -0.39 is 0 Å². The van der Waals surface area contributed by atoms with E-state index in [4.69, 9.17) is 15.2 Å². The van der Waals surface area contributed by atoms with E-state index in [1.807, 2.05) is 0 Å². The molecule has 1 amide bonds. The zero-order chi connectivity index (χ0) is 21.6. The van der Waals surface area contributed by atoms with Crippen LogP contribution in [0.2, 0.25) is 0 Å². The van der Waals surface area contributed by atoms with Crippen LogP contribution in [0.15, 0.2) is 29.3 Å². The maximum absolute atomic E-state index is 11.5. The summed E-state index contributed by atoms with van der Waals surface area (Å²) in [5.74, 6) is 0.569. The number of carbonyl (C=O) groups excluding carboxylic acids is 1. The zero-order valence-corrected chi connectivity index (χ0v) is 18.4. The number of hydrogen-bond donors (Lipinski definition) is 3. The fourth-order valence-corrected chi connectivity index (χ4v) is 3.56. The first-order chi connectivity index (χ1) is 14.6. The number of primary amides is 1. The molecule has 0 bridgehead atoms. The Labute approximate surface area is 180 Å². The van der Waals surface area contributed by atoms with Crippen molar-refractivity contribution in [3.63, 3.8) is 0 Å². The van der Waals surface area contributed by atoms with Crippen molar-refractivity contribution in [2.75, 3.05) is 53.6 Å². The second-order valence-corrected chi connectivity index (χ2v) is 7.61. The number of nitrogens with zero attached hydrogens (tertiary/aromatic N) is 2. The molecule has 4 N–H and O–H groups in total. The number of nitrogens with two attached hydrogens (primary N) is 1. The Bertz CT molecular complexity index is 668. The summed E-state index contributed by atoms with van der Waals surface area (Å²) in [6.45, 7) is 6.04. The number of ether oxygens (including phenoxy) is 2. The van der Waals surface area contributed by atoms with Gasteiger partial charge < -0.3 is 25.8 Å². The zero-order valence-electron chi connectivity index (χ0n) is 18.4. The fraction of sp³-hybridized carbons (Fsp3) is 0.636. The van der Waals surface area contributed by atoms with Crippen molar-refractivity contribution in [1.29, 1.82) is 0 Å². The maximum Gasteiger partial charge on any atom is 0.221 e. The fourth-order valence-electron chi connectivity index (χ4n) is 3.56. The number of methoxy groups -OCH3 is 1. The van der Waals surface area contributed by atoms with Gasteiger partial charge in [-0.1, -0.05) is 24.3 Å². The lowest BCUT2D eigenvalue weighted by molar-refractivity contribution is -0.123. The van der Waals surface area contributed by atoms with Gasteiger partial charge in [-0.05, 0) is 36.9 Å². The van der Waals surface area contributed by atoms with Crippen LogP contribution >= 0.6 is 0 Å². The largest absolute Gasteiger partial charge is 0.382 e. The average molecular weight is 420 g/mol. The van der Waals surface area contributed by atoms with Crippen LogP contribution in [0.5, 0.6) is 0 Å². The number of guanidine groups is 1. The quantitative estimate of drug-likeness (QED) is 0.266. The molecule has 1 saturated heterocycles. The van der Waals surface area contributed by atoms with Crippen molar-refractivity contribution in [3.05, 3.63) is 35.4 Å². The van der Waals surface area contributed by atoms with Crippen molar-refractivity contribution in [2.24, 2.45) is 16.6 Å². The highest BCUT2D eigenvalue weighted by Gasteiger charge is 2.23. The number of benzene rings is 1. The molecule has 1 unspecified atom stereocenters. The van der Waals surface area contributed by atoms with Crippen LogP contribution in [0.4, 0.5) is 0 Å². The molecule has 8 nitrogen and oxygen atoms in total. The van der Waals surface area contributed by atoms with E-state index in [9.17, 15) is 4.79 Å². The summed E-state index contributed by atoms with van der Waals surface area (Å²) in [4.78, 5) is 18.1. The highest BCUT2D eigenvalue weighted by molar-refractivity contribution is 5.79. The number of likely N-dealkylation sites (tertiary alicyclic amines) is 1. The monoisotopic (exact) mass is 419 g/mol. The SMILES string of the molecule is CN=C(NCCCOCCOC)NCc1cccc(CN2CCCC(C(N)=O)C2)c1. The molecule has 0 spiro atoms. The van der Waals surface area contributed by atoms with E-state index in [0.717, 1.165) is 51.4 Å². The first-order valence-corrected chi connectivity index (χ1v) is 10.7. The minimum atomic E-state index is -0.182. The standard InChI is InChI=1S/C22H37N5O3/c1-24-22(25-9-5-11-30-13-12-29-2)26-15-18-6-3-7-19(14-18)16-27-10-4-8-20(17-27)21(23)28/h3,6-7,14,20H,4-5,8-13,15-17H2,1-2H3,(H2,23,28)(H2,24,25,26). The van der Waals surface area contributed by atoms with Gasteiger partial charge in [-0.25, -0.2) is 0 Å². The molecule has 1 fully saturated rings. The summed E-state index contributed by atoms with van der Waals surface area (Å²) in [6, 6.07) is 8.52. The van der Waals surface area contributed by atoms with E-state index in [1.165, 1.54) is 11.1 Å². The lowest BCUT2D eigenvalue weighted by Gasteiger charge is -2.31. The molecular formula is C22H37N5O3. The van der Waals surface area contributed by atoms with Gasteiger partial charge in [0.2, 0.25) is 5.91 Å². The van der Waals surface area contributed by atoms with Crippen molar-refractivity contribution < 1.29 is 14.3 Å². The second-order valence-electron chi connectivity index (χ2n) is 7.61. The Kier molecular flexibility index (Phi) is 11.2. The number of carbonyl (C=O) groups is 1. The van der Waals surface area contributed by atoms with Gasteiger partial charge in [0.25, 0.3) is 0 Å². The number of rotatable bonds is 12. The topological polar surface area (TPSA) is 101 Å². The van der Waals surface area contributed by atoms with Crippen molar-refractivity contribution in [2.45, 2.75) is 32.4 Å². The van der Waals surface area contributed by atoms with Crippen LogP contribution in [-0.4, -0.2) is 70.4 Å². The second kappa shape index (κ2) is 14.0. The van der Waals surface area contributed by atoms with Gasteiger partial charge in [-0.15, -0.1) is 0 Å². The molecule has 1 aromatic rings. The summed E-state index contributed by atoms with van der Waals surface area (Å²) >= 11 is 0. The van der Waals surface area contributed by atoms with Crippen LogP contribution in [0, 0.1) is 5.92 Å². The molecule has 30 heavy (non-hydrogen) atoms. The molecule has 8 heteroatoms. The predicted octanol–water partition coefficient (Wildman–Crippen LogP) is 1.10. The maximum atomic E-state index is 11.5. The molecule has 1 heterocycles.